The number of likely N-dealkylation sites (N-methyl/N-ethyl adjacent to an activating group) is 1. The van der Waals surface area contributed by atoms with E-state index < -0.39 is 12.0 Å². The van der Waals surface area contributed by atoms with Crippen molar-refractivity contribution in [2.24, 2.45) is 5.92 Å². The van der Waals surface area contributed by atoms with Gasteiger partial charge in [-0.25, -0.2) is 0 Å². The van der Waals surface area contributed by atoms with E-state index in [-0.39, 0.29) is 6.04 Å². The molecule has 0 aliphatic carbocycles. The molecule has 102 valence electrons. The van der Waals surface area contributed by atoms with Gasteiger partial charge in [-0.2, -0.15) is 0 Å². The topological polar surface area (TPSA) is 52.6 Å². The minimum absolute atomic E-state index is 0.248. The molecule has 0 saturated carbocycles. The van der Waals surface area contributed by atoms with E-state index in [4.69, 9.17) is 5.11 Å². The molecule has 0 amide bonds. The summed E-state index contributed by atoms with van der Waals surface area (Å²) in [5, 5.41) is 12.4. The Kier molecular flexibility index (Phi) is 8.17. The fourth-order valence-electron chi connectivity index (χ4n) is 2.06. The zero-order valence-corrected chi connectivity index (χ0v) is 11.9. The minimum Gasteiger partial charge on any atom is -0.480 e. The van der Waals surface area contributed by atoms with Crippen molar-refractivity contribution in [3.63, 3.8) is 0 Å². The highest BCUT2D eigenvalue weighted by Crippen LogP contribution is 2.08. The third-order valence-electron chi connectivity index (χ3n) is 2.65. The van der Waals surface area contributed by atoms with Crippen LogP contribution in [0.4, 0.5) is 0 Å². The lowest BCUT2D eigenvalue weighted by atomic mass is 10.0. The molecular formula is C13H28N2O2. The Morgan fingerprint density at radius 2 is 1.94 bits per heavy atom. The smallest absolute Gasteiger partial charge is 0.320 e. The third kappa shape index (κ3) is 8.16. The summed E-state index contributed by atoms with van der Waals surface area (Å²) in [6, 6.07) is -0.165. The van der Waals surface area contributed by atoms with E-state index in [9.17, 15) is 4.79 Å². The zero-order valence-electron chi connectivity index (χ0n) is 11.9. The highest BCUT2D eigenvalue weighted by molar-refractivity contribution is 5.73. The summed E-state index contributed by atoms with van der Waals surface area (Å²) < 4.78 is 0. The lowest BCUT2D eigenvalue weighted by Gasteiger charge is -2.27. The van der Waals surface area contributed by atoms with Gasteiger partial charge < -0.3 is 15.3 Å². The molecule has 0 aromatic carbocycles. The monoisotopic (exact) mass is 244 g/mol. The molecule has 0 spiro atoms. The van der Waals surface area contributed by atoms with Crippen LogP contribution in [0.25, 0.3) is 0 Å². The zero-order chi connectivity index (χ0) is 13.4. The second kappa shape index (κ2) is 8.48. The number of hydrogen-bond donors (Lipinski definition) is 2. The molecule has 2 N–H and O–H groups in total. The molecule has 17 heavy (non-hydrogen) atoms. The van der Waals surface area contributed by atoms with E-state index in [1.165, 1.54) is 0 Å². The summed E-state index contributed by atoms with van der Waals surface area (Å²) in [7, 11) is 4.04. The standard InChI is InChI=1S/C13H28N2O2/c1-6-7-12(13(16)17)14-11(8-10(2)3)9-15(4)5/h10-12,14H,6-9H2,1-5H3,(H,16,17). The van der Waals surface area contributed by atoms with Gasteiger partial charge in [0.15, 0.2) is 0 Å². The van der Waals surface area contributed by atoms with Crippen LogP contribution in [0.5, 0.6) is 0 Å². The van der Waals surface area contributed by atoms with Crippen molar-refractivity contribution in [1.82, 2.24) is 10.2 Å². The lowest BCUT2D eigenvalue weighted by molar-refractivity contribution is -0.140. The van der Waals surface area contributed by atoms with Crippen molar-refractivity contribution < 1.29 is 9.90 Å². The van der Waals surface area contributed by atoms with Crippen LogP contribution >= 0.6 is 0 Å². The third-order valence-corrected chi connectivity index (χ3v) is 2.65. The number of nitrogens with zero attached hydrogens (tertiary/aromatic N) is 1. The van der Waals surface area contributed by atoms with Gasteiger partial charge in [-0.3, -0.25) is 4.79 Å². The number of rotatable bonds is 9. The number of aliphatic carboxylic acids is 1. The molecule has 4 nitrogen and oxygen atoms in total. The van der Waals surface area contributed by atoms with E-state index in [0.717, 1.165) is 19.4 Å². The van der Waals surface area contributed by atoms with Crippen LogP contribution in [0.1, 0.15) is 40.0 Å². The Labute approximate surface area is 105 Å². The Hall–Kier alpha value is -0.610. The van der Waals surface area contributed by atoms with Crippen molar-refractivity contribution in [2.45, 2.75) is 52.1 Å². The fourth-order valence-corrected chi connectivity index (χ4v) is 2.06. The maximum absolute atomic E-state index is 11.1. The summed E-state index contributed by atoms with van der Waals surface area (Å²) in [4.78, 5) is 13.2. The molecular weight excluding hydrogens is 216 g/mol. The molecule has 0 aliphatic rings. The van der Waals surface area contributed by atoms with Crippen LogP contribution in [-0.4, -0.2) is 48.7 Å². The molecule has 4 heteroatoms. The van der Waals surface area contributed by atoms with E-state index in [1.54, 1.807) is 0 Å². The first-order valence-electron chi connectivity index (χ1n) is 6.50. The molecule has 0 aliphatic heterocycles. The molecule has 0 bridgehead atoms. The van der Waals surface area contributed by atoms with Gasteiger partial charge in [-0.1, -0.05) is 27.2 Å². The summed E-state index contributed by atoms with van der Waals surface area (Å²) in [5.74, 6) is -0.164. The van der Waals surface area contributed by atoms with Crippen LogP contribution in [0, 0.1) is 5.92 Å². The first-order valence-corrected chi connectivity index (χ1v) is 6.50. The van der Waals surface area contributed by atoms with Gasteiger partial charge in [0.1, 0.15) is 6.04 Å². The summed E-state index contributed by atoms with van der Waals surface area (Å²) in [5.41, 5.74) is 0. The lowest BCUT2D eigenvalue weighted by Crippen LogP contribution is -2.48. The molecule has 2 unspecified atom stereocenters. The molecule has 0 saturated heterocycles. The Morgan fingerprint density at radius 3 is 2.29 bits per heavy atom. The molecule has 0 rings (SSSR count). The van der Waals surface area contributed by atoms with Crippen molar-refractivity contribution in [3.8, 4) is 0 Å². The fraction of sp³-hybridized carbons (Fsp3) is 0.923. The number of hydrogen-bond acceptors (Lipinski definition) is 3. The summed E-state index contributed by atoms with van der Waals surface area (Å²) >= 11 is 0. The van der Waals surface area contributed by atoms with Gasteiger partial charge in [-0.05, 0) is 32.9 Å². The van der Waals surface area contributed by atoms with Crippen LogP contribution in [-0.2, 0) is 4.79 Å². The van der Waals surface area contributed by atoms with E-state index in [1.807, 2.05) is 21.0 Å². The Balaban J connectivity index is 4.40. The van der Waals surface area contributed by atoms with E-state index in [0.29, 0.717) is 12.3 Å². The molecule has 0 aromatic heterocycles. The average Bonchev–Trinajstić information content (AvgIpc) is 2.14. The van der Waals surface area contributed by atoms with Crippen molar-refractivity contribution in [3.05, 3.63) is 0 Å². The molecule has 0 fully saturated rings. The Morgan fingerprint density at radius 1 is 1.35 bits per heavy atom. The number of carboxylic acids is 1. The summed E-state index contributed by atoms with van der Waals surface area (Å²) in [6.45, 7) is 7.23. The van der Waals surface area contributed by atoms with E-state index in [2.05, 4.69) is 24.1 Å². The maximum Gasteiger partial charge on any atom is 0.320 e. The summed E-state index contributed by atoms with van der Waals surface area (Å²) in [6.07, 6.45) is 2.59. The van der Waals surface area contributed by atoms with Crippen LogP contribution in [0.2, 0.25) is 0 Å². The largest absolute Gasteiger partial charge is 0.480 e. The number of carbonyl (C=O) groups is 1. The first kappa shape index (κ1) is 16.4. The quantitative estimate of drug-likeness (QED) is 0.649. The van der Waals surface area contributed by atoms with Gasteiger partial charge in [0.25, 0.3) is 0 Å². The van der Waals surface area contributed by atoms with Gasteiger partial charge in [0.05, 0.1) is 0 Å². The molecule has 0 heterocycles. The highest BCUT2D eigenvalue weighted by Gasteiger charge is 2.21. The average molecular weight is 244 g/mol. The first-order chi connectivity index (χ1) is 7.86. The maximum atomic E-state index is 11.1. The van der Waals surface area contributed by atoms with Crippen molar-refractivity contribution in [2.75, 3.05) is 20.6 Å². The minimum atomic E-state index is -0.737. The van der Waals surface area contributed by atoms with E-state index >= 15 is 0 Å². The van der Waals surface area contributed by atoms with Crippen LogP contribution in [0.3, 0.4) is 0 Å². The molecule has 0 aromatic rings. The van der Waals surface area contributed by atoms with Gasteiger partial charge in [0.2, 0.25) is 0 Å². The van der Waals surface area contributed by atoms with Gasteiger partial charge >= 0.3 is 5.97 Å². The second-order valence-corrected chi connectivity index (χ2v) is 5.43. The SMILES string of the molecule is CCCC(NC(CC(C)C)CN(C)C)C(=O)O. The van der Waals surface area contributed by atoms with Crippen molar-refractivity contribution in [1.29, 1.82) is 0 Å². The molecule has 2 atom stereocenters. The van der Waals surface area contributed by atoms with Crippen molar-refractivity contribution >= 4 is 5.97 Å². The van der Waals surface area contributed by atoms with Crippen LogP contribution < -0.4 is 5.32 Å². The predicted molar refractivity (Wildman–Crippen MR) is 71.3 cm³/mol. The second-order valence-electron chi connectivity index (χ2n) is 5.43. The Bertz CT molecular complexity index is 207. The molecule has 0 radical (unpaired) electrons. The highest BCUT2D eigenvalue weighted by atomic mass is 16.4. The number of nitrogens with one attached hydrogen (secondary N) is 1. The van der Waals surface area contributed by atoms with Crippen LogP contribution in [0.15, 0.2) is 0 Å². The number of carboxylic acid groups (broad SMARTS) is 1. The predicted octanol–water partition coefficient (Wildman–Crippen LogP) is 1.81. The van der Waals surface area contributed by atoms with Gasteiger partial charge in [0, 0.05) is 12.6 Å². The normalized spacial score (nSPS) is 15.2. The van der Waals surface area contributed by atoms with Gasteiger partial charge in [-0.15, -0.1) is 0 Å².